The van der Waals surface area contributed by atoms with Gasteiger partial charge in [0.2, 0.25) is 0 Å². The molecule has 2 heteroatoms. The van der Waals surface area contributed by atoms with Crippen molar-refractivity contribution >= 4 is 0 Å². The van der Waals surface area contributed by atoms with Gasteiger partial charge in [-0.3, -0.25) is 0 Å². The zero-order valence-corrected chi connectivity index (χ0v) is 6.42. The molecule has 1 aliphatic rings. The largest absolute Gasteiger partial charge is 0.504 e. The van der Waals surface area contributed by atoms with Gasteiger partial charge in [0.05, 0.1) is 6.61 Å². The van der Waals surface area contributed by atoms with Crippen molar-refractivity contribution in [3.63, 3.8) is 0 Å². The topological polar surface area (TPSA) is 29.5 Å². The van der Waals surface area contributed by atoms with Gasteiger partial charge in [0.15, 0.2) is 11.5 Å². The van der Waals surface area contributed by atoms with Gasteiger partial charge in [-0.1, -0.05) is 6.07 Å². The van der Waals surface area contributed by atoms with Crippen LogP contribution >= 0.6 is 0 Å². The highest BCUT2D eigenvalue weighted by Gasteiger charge is 2.15. The van der Waals surface area contributed by atoms with Crippen molar-refractivity contribution < 1.29 is 9.84 Å². The molecule has 2 nitrogen and oxygen atoms in total. The summed E-state index contributed by atoms with van der Waals surface area (Å²) in [6, 6.07) is 3.78. The van der Waals surface area contributed by atoms with E-state index in [9.17, 15) is 5.11 Å². The Morgan fingerprint density at radius 2 is 2.27 bits per heavy atom. The number of rotatable bonds is 0. The minimum absolute atomic E-state index is 0.275. The van der Waals surface area contributed by atoms with Gasteiger partial charge in [0.25, 0.3) is 0 Å². The highest BCUT2D eigenvalue weighted by atomic mass is 16.5. The van der Waals surface area contributed by atoms with Crippen molar-refractivity contribution in [3.05, 3.63) is 23.3 Å². The number of phenolic OH excluding ortho intramolecular Hbond substituents is 1. The molecule has 0 saturated heterocycles. The van der Waals surface area contributed by atoms with Crippen LogP contribution in [0.25, 0.3) is 0 Å². The Balaban J connectivity index is 2.60. The predicted molar refractivity (Wildman–Crippen MR) is 42.0 cm³/mol. The second kappa shape index (κ2) is 2.16. The van der Waals surface area contributed by atoms with Gasteiger partial charge < -0.3 is 9.84 Å². The third kappa shape index (κ3) is 0.946. The van der Waals surface area contributed by atoms with Gasteiger partial charge in [0, 0.05) is 12.0 Å². The van der Waals surface area contributed by atoms with Gasteiger partial charge in [-0.25, -0.2) is 0 Å². The Labute approximate surface area is 65.4 Å². The van der Waals surface area contributed by atoms with E-state index in [2.05, 4.69) is 6.07 Å². The summed E-state index contributed by atoms with van der Waals surface area (Å²) >= 11 is 0. The van der Waals surface area contributed by atoms with Crippen LogP contribution in [0.5, 0.6) is 11.5 Å². The lowest BCUT2D eigenvalue weighted by Gasteiger charge is -2.02. The summed E-state index contributed by atoms with van der Waals surface area (Å²) in [6.07, 6.45) is 0.921. The molecule has 1 heterocycles. The van der Waals surface area contributed by atoms with Crippen molar-refractivity contribution in [1.29, 1.82) is 0 Å². The summed E-state index contributed by atoms with van der Waals surface area (Å²) in [7, 11) is 0. The molecule has 1 aromatic carbocycles. The fourth-order valence-corrected chi connectivity index (χ4v) is 1.44. The highest BCUT2D eigenvalue weighted by molar-refractivity contribution is 5.50. The van der Waals surface area contributed by atoms with Crippen LogP contribution in [0.4, 0.5) is 0 Å². The van der Waals surface area contributed by atoms with E-state index in [4.69, 9.17) is 4.74 Å². The Kier molecular flexibility index (Phi) is 1.28. The molecule has 0 fully saturated rings. The van der Waals surface area contributed by atoms with Crippen LogP contribution in [0.2, 0.25) is 0 Å². The van der Waals surface area contributed by atoms with Crippen molar-refractivity contribution in [2.24, 2.45) is 0 Å². The fraction of sp³-hybridized carbons (Fsp3) is 0.333. The molecule has 1 aromatic rings. The quantitative estimate of drug-likeness (QED) is 0.609. The molecule has 0 amide bonds. The monoisotopic (exact) mass is 150 g/mol. The summed E-state index contributed by atoms with van der Waals surface area (Å²) in [5.41, 5.74) is 2.22. The van der Waals surface area contributed by atoms with Gasteiger partial charge in [0.1, 0.15) is 0 Å². The second-order valence-corrected chi connectivity index (χ2v) is 2.87. The van der Waals surface area contributed by atoms with Crippen LogP contribution in [0.1, 0.15) is 11.1 Å². The zero-order valence-electron chi connectivity index (χ0n) is 6.42. The van der Waals surface area contributed by atoms with Gasteiger partial charge >= 0.3 is 0 Å². The number of fused-ring (bicyclic) bond motifs is 1. The lowest BCUT2D eigenvalue weighted by molar-refractivity contribution is 0.334. The molecule has 0 aromatic heterocycles. The van der Waals surface area contributed by atoms with Crippen LogP contribution in [-0.4, -0.2) is 11.7 Å². The van der Waals surface area contributed by atoms with Gasteiger partial charge in [-0.2, -0.15) is 0 Å². The molecule has 0 bridgehead atoms. The molecule has 1 N–H and O–H groups in total. The summed E-state index contributed by atoms with van der Waals surface area (Å²) in [5, 5.41) is 9.39. The first-order chi connectivity index (χ1) is 5.27. The number of aromatic hydroxyl groups is 1. The van der Waals surface area contributed by atoms with E-state index in [-0.39, 0.29) is 5.75 Å². The lowest BCUT2D eigenvalue weighted by Crippen LogP contribution is -1.86. The standard InChI is InChI=1S/C9H10O2/c1-6-4-7-2-3-11-9(7)8(10)5-6/h4-5,10H,2-3H2,1H3. The minimum atomic E-state index is 0.275. The maximum atomic E-state index is 9.39. The Morgan fingerprint density at radius 1 is 1.45 bits per heavy atom. The molecule has 0 radical (unpaired) electrons. The van der Waals surface area contributed by atoms with Crippen molar-refractivity contribution in [3.8, 4) is 11.5 Å². The average Bonchev–Trinajstić information content (AvgIpc) is 2.34. The molecule has 11 heavy (non-hydrogen) atoms. The first kappa shape index (κ1) is 6.53. The van der Waals surface area contributed by atoms with Crippen LogP contribution in [0, 0.1) is 6.92 Å². The van der Waals surface area contributed by atoms with E-state index in [1.807, 2.05) is 6.92 Å². The maximum absolute atomic E-state index is 9.39. The number of phenols is 1. The SMILES string of the molecule is Cc1cc(O)c2c(c1)CCO2. The molecule has 1 aliphatic heterocycles. The van der Waals surface area contributed by atoms with Crippen molar-refractivity contribution in [1.82, 2.24) is 0 Å². The minimum Gasteiger partial charge on any atom is -0.504 e. The van der Waals surface area contributed by atoms with E-state index in [1.54, 1.807) is 6.07 Å². The zero-order chi connectivity index (χ0) is 7.84. The highest BCUT2D eigenvalue weighted by Crippen LogP contribution is 2.35. The fourth-order valence-electron chi connectivity index (χ4n) is 1.44. The first-order valence-electron chi connectivity index (χ1n) is 3.72. The lowest BCUT2D eigenvalue weighted by atomic mass is 10.1. The van der Waals surface area contributed by atoms with E-state index in [0.717, 1.165) is 17.5 Å². The smallest absolute Gasteiger partial charge is 0.164 e. The summed E-state index contributed by atoms with van der Waals surface area (Å²) < 4.78 is 5.23. The predicted octanol–water partition coefficient (Wildman–Crippen LogP) is 1.64. The van der Waals surface area contributed by atoms with E-state index >= 15 is 0 Å². The van der Waals surface area contributed by atoms with E-state index in [1.165, 1.54) is 0 Å². The first-order valence-corrected chi connectivity index (χ1v) is 3.72. The molecule has 0 unspecified atom stereocenters. The van der Waals surface area contributed by atoms with Crippen LogP contribution in [-0.2, 0) is 6.42 Å². The van der Waals surface area contributed by atoms with Crippen LogP contribution in [0.3, 0.4) is 0 Å². The Hall–Kier alpha value is -1.18. The van der Waals surface area contributed by atoms with Crippen LogP contribution < -0.4 is 4.74 Å². The Morgan fingerprint density at radius 3 is 3.09 bits per heavy atom. The van der Waals surface area contributed by atoms with Crippen molar-refractivity contribution in [2.45, 2.75) is 13.3 Å². The van der Waals surface area contributed by atoms with E-state index in [0.29, 0.717) is 12.4 Å². The van der Waals surface area contributed by atoms with Crippen LogP contribution in [0.15, 0.2) is 12.1 Å². The number of ether oxygens (including phenoxy) is 1. The second-order valence-electron chi connectivity index (χ2n) is 2.87. The molecular weight excluding hydrogens is 140 g/mol. The van der Waals surface area contributed by atoms with E-state index < -0.39 is 0 Å². The average molecular weight is 150 g/mol. The third-order valence-electron chi connectivity index (χ3n) is 1.91. The molecule has 0 atom stereocenters. The number of hydrogen-bond acceptors (Lipinski definition) is 2. The van der Waals surface area contributed by atoms with Gasteiger partial charge in [-0.15, -0.1) is 0 Å². The van der Waals surface area contributed by atoms with Crippen molar-refractivity contribution in [2.75, 3.05) is 6.61 Å². The van der Waals surface area contributed by atoms with Gasteiger partial charge in [-0.05, 0) is 18.6 Å². The number of benzene rings is 1. The maximum Gasteiger partial charge on any atom is 0.164 e. The summed E-state index contributed by atoms with van der Waals surface area (Å²) in [5.74, 6) is 0.952. The molecule has 0 aliphatic carbocycles. The molecular formula is C9H10O2. The molecule has 2 rings (SSSR count). The normalized spacial score (nSPS) is 14.3. The molecule has 0 spiro atoms. The summed E-state index contributed by atoms with van der Waals surface area (Å²) in [4.78, 5) is 0. The third-order valence-corrected chi connectivity index (χ3v) is 1.91. The summed E-state index contributed by atoms with van der Waals surface area (Å²) in [6.45, 7) is 2.67. The number of aryl methyl sites for hydroxylation is 1. The molecule has 58 valence electrons. The number of hydrogen-bond donors (Lipinski definition) is 1. The molecule has 0 saturated carbocycles. The Bertz CT molecular complexity index is 292.